The van der Waals surface area contributed by atoms with Crippen molar-refractivity contribution in [3.63, 3.8) is 0 Å². The molecule has 1 aromatic rings. The fourth-order valence-electron chi connectivity index (χ4n) is 3.60. The van der Waals surface area contributed by atoms with Crippen molar-refractivity contribution in [1.29, 1.82) is 0 Å². The molecule has 1 aliphatic rings. The lowest BCUT2D eigenvalue weighted by molar-refractivity contribution is 0.00752. The Balaban J connectivity index is 1.97. The van der Waals surface area contributed by atoms with Gasteiger partial charge in [-0.15, -0.1) is 0 Å². The summed E-state index contributed by atoms with van der Waals surface area (Å²) in [5, 5.41) is 6.95. The Kier molecular flexibility index (Phi) is 9.75. The quantitative estimate of drug-likeness (QED) is 0.501. The van der Waals surface area contributed by atoms with Gasteiger partial charge in [0.1, 0.15) is 0 Å². The summed E-state index contributed by atoms with van der Waals surface area (Å²) in [6, 6.07) is 9.18. The predicted molar refractivity (Wildman–Crippen MR) is 118 cm³/mol. The van der Waals surface area contributed by atoms with Crippen molar-refractivity contribution in [3.8, 4) is 0 Å². The maximum atomic E-state index is 5.51. The molecule has 0 radical (unpaired) electrons. The molecule has 6 nitrogen and oxygen atoms in total. The minimum Gasteiger partial charge on any atom is -0.379 e. The highest BCUT2D eigenvalue weighted by atomic mass is 16.5. The van der Waals surface area contributed by atoms with Crippen molar-refractivity contribution in [3.05, 3.63) is 35.4 Å². The van der Waals surface area contributed by atoms with Gasteiger partial charge in [-0.25, -0.2) is 4.99 Å². The van der Waals surface area contributed by atoms with Crippen LogP contribution in [0, 0.1) is 5.92 Å². The highest BCUT2D eigenvalue weighted by Crippen LogP contribution is 2.12. The van der Waals surface area contributed by atoms with Crippen LogP contribution in [0.1, 0.15) is 31.9 Å². The van der Waals surface area contributed by atoms with E-state index in [2.05, 4.69) is 79.6 Å². The van der Waals surface area contributed by atoms with Gasteiger partial charge in [-0.3, -0.25) is 4.90 Å². The molecule has 1 saturated heterocycles. The zero-order valence-corrected chi connectivity index (χ0v) is 18.4. The predicted octanol–water partition coefficient (Wildman–Crippen LogP) is 2.16. The lowest BCUT2D eigenvalue weighted by Gasteiger charge is -2.37. The molecule has 1 aliphatic heterocycles. The molecule has 2 N–H and O–H groups in total. The third kappa shape index (κ3) is 7.78. The first kappa shape index (κ1) is 22.7. The Bertz CT molecular complexity index is 596. The third-order valence-electron chi connectivity index (χ3n) is 5.02. The van der Waals surface area contributed by atoms with E-state index in [1.165, 1.54) is 11.1 Å². The Labute approximate surface area is 171 Å². The molecule has 0 spiro atoms. The largest absolute Gasteiger partial charge is 0.379 e. The van der Waals surface area contributed by atoms with Gasteiger partial charge in [0, 0.05) is 38.8 Å². The topological polar surface area (TPSA) is 52.1 Å². The van der Waals surface area contributed by atoms with Crippen LogP contribution in [0.5, 0.6) is 0 Å². The molecule has 0 bridgehead atoms. The van der Waals surface area contributed by atoms with E-state index < -0.39 is 0 Å². The maximum absolute atomic E-state index is 5.51. The monoisotopic (exact) mass is 389 g/mol. The van der Waals surface area contributed by atoms with Gasteiger partial charge in [-0.1, -0.05) is 38.1 Å². The Morgan fingerprint density at radius 2 is 1.89 bits per heavy atom. The van der Waals surface area contributed by atoms with E-state index in [1.54, 1.807) is 0 Å². The second-order valence-electron chi connectivity index (χ2n) is 8.09. The SMILES string of the molecule is CCNC(=NCc1cccc(CN(C)C)c1)NCC(C(C)C)N1CCOCC1. The minimum absolute atomic E-state index is 0.483. The van der Waals surface area contributed by atoms with Crippen LogP contribution < -0.4 is 10.6 Å². The van der Waals surface area contributed by atoms with E-state index in [0.29, 0.717) is 18.5 Å². The molecule has 1 heterocycles. The summed E-state index contributed by atoms with van der Waals surface area (Å²) in [5.74, 6) is 1.47. The van der Waals surface area contributed by atoms with Crippen molar-refractivity contribution in [2.75, 3.05) is 53.5 Å². The number of guanidine groups is 1. The van der Waals surface area contributed by atoms with Crippen LogP contribution in [-0.2, 0) is 17.8 Å². The van der Waals surface area contributed by atoms with Crippen LogP contribution in [0.3, 0.4) is 0 Å². The molecule has 1 atom stereocenters. The first-order chi connectivity index (χ1) is 13.5. The first-order valence-corrected chi connectivity index (χ1v) is 10.6. The van der Waals surface area contributed by atoms with Gasteiger partial charge in [0.05, 0.1) is 19.8 Å². The fraction of sp³-hybridized carbons (Fsp3) is 0.682. The number of hydrogen-bond donors (Lipinski definition) is 2. The Hall–Kier alpha value is -1.63. The van der Waals surface area contributed by atoms with E-state index in [-0.39, 0.29) is 0 Å². The lowest BCUT2D eigenvalue weighted by atomic mass is 10.0. The number of benzene rings is 1. The molecule has 0 amide bonds. The molecule has 0 aliphatic carbocycles. The van der Waals surface area contributed by atoms with Crippen molar-refractivity contribution in [2.24, 2.45) is 10.9 Å². The van der Waals surface area contributed by atoms with Gasteiger partial charge in [0.15, 0.2) is 5.96 Å². The van der Waals surface area contributed by atoms with Crippen molar-refractivity contribution in [1.82, 2.24) is 20.4 Å². The number of ether oxygens (including phenoxy) is 1. The van der Waals surface area contributed by atoms with Crippen LogP contribution in [0.2, 0.25) is 0 Å². The van der Waals surface area contributed by atoms with E-state index >= 15 is 0 Å². The second kappa shape index (κ2) is 12.0. The molecule has 1 unspecified atom stereocenters. The number of nitrogens with one attached hydrogen (secondary N) is 2. The van der Waals surface area contributed by atoms with Crippen LogP contribution in [0.15, 0.2) is 29.3 Å². The van der Waals surface area contributed by atoms with Crippen molar-refractivity contribution < 1.29 is 4.74 Å². The Morgan fingerprint density at radius 3 is 2.54 bits per heavy atom. The highest BCUT2D eigenvalue weighted by molar-refractivity contribution is 5.79. The van der Waals surface area contributed by atoms with Gasteiger partial charge < -0.3 is 20.3 Å². The lowest BCUT2D eigenvalue weighted by Crippen LogP contribution is -2.52. The molecular formula is C22H39N5O. The summed E-state index contributed by atoms with van der Waals surface area (Å²) in [6.07, 6.45) is 0. The number of rotatable bonds is 9. The molecule has 158 valence electrons. The molecule has 1 aromatic carbocycles. The van der Waals surface area contributed by atoms with E-state index in [9.17, 15) is 0 Å². The van der Waals surface area contributed by atoms with Gasteiger partial charge >= 0.3 is 0 Å². The third-order valence-corrected chi connectivity index (χ3v) is 5.02. The van der Waals surface area contributed by atoms with E-state index in [1.807, 2.05) is 0 Å². The number of hydrogen-bond acceptors (Lipinski definition) is 4. The number of morpholine rings is 1. The summed E-state index contributed by atoms with van der Waals surface area (Å²) in [6.45, 7) is 13.8. The summed E-state index contributed by atoms with van der Waals surface area (Å²) in [7, 11) is 4.19. The molecule has 6 heteroatoms. The number of nitrogens with zero attached hydrogens (tertiary/aromatic N) is 3. The molecular weight excluding hydrogens is 350 g/mol. The summed E-state index contributed by atoms with van der Waals surface area (Å²) < 4.78 is 5.51. The minimum atomic E-state index is 0.483. The summed E-state index contributed by atoms with van der Waals surface area (Å²) in [4.78, 5) is 9.54. The molecule has 2 rings (SSSR count). The standard InChI is InChI=1S/C22H39N5O/c1-6-23-22(24-15-19-8-7-9-20(14-19)17-26(4)5)25-16-21(18(2)3)27-10-12-28-13-11-27/h7-9,14,18,21H,6,10-13,15-17H2,1-5H3,(H2,23,24,25). The van der Waals surface area contributed by atoms with Crippen molar-refractivity contribution in [2.45, 2.75) is 39.9 Å². The smallest absolute Gasteiger partial charge is 0.191 e. The van der Waals surface area contributed by atoms with Crippen LogP contribution in [-0.4, -0.2) is 75.3 Å². The maximum Gasteiger partial charge on any atom is 0.191 e. The zero-order valence-electron chi connectivity index (χ0n) is 18.4. The van der Waals surface area contributed by atoms with Gasteiger partial charge in [0.25, 0.3) is 0 Å². The summed E-state index contributed by atoms with van der Waals surface area (Å²) in [5.41, 5.74) is 2.56. The second-order valence-corrected chi connectivity index (χ2v) is 8.09. The fourth-order valence-corrected chi connectivity index (χ4v) is 3.60. The molecule has 1 fully saturated rings. The highest BCUT2D eigenvalue weighted by Gasteiger charge is 2.23. The van der Waals surface area contributed by atoms with Gasteiger partial charge in [-0.2, -0.15) is 0 Å². The van der Waals surface area contributed by atoms with E-state index in [0.717, 1.165) is 51.9 Å². The van der Waals surface area contributed by atoms with Crippen LogP contribution in [0.25, 0.3) is 0 Å². The first-order valence-electron chi connectivity index (χ1n) is 10.6. The zero-order chi connectivity index (χ0) is 20.4. The molecule has 28 heavy (non-hydrogen) atoms. The average Bonchev–Trinajstić information content (AvgIpc) is 2.66. The number of aliphatic imine (C=N–C) groups is 1. The molecule has 0 aromatic heterocycles. The van der Waals surface area contributed by atoms with Gasteiger partial charge in [0.2, 0.25) is 0 Å². The average molecular weight is 390 g/mol. The summed E-state index contributed by atoms with van der Waals surface area (Å²) >= 11 is 0. The van der Waals surface area contributed by atoms with Gasteiger partial charge in [-0.05, 0) is 38.1 Å². The Morgan fingerprint density at radius 1 is 1.18 bits per heavy atom. The van der Waals surface area contributed by atoms with E-state index in [4.69, 9.17) is 9.73 Å². The van der Waals surface area contributed by atoms with Crippen LogP contribution in [0.4, 0.5) is 0 Å². The normalized spacial score (nSPS) is 17.2. The van der Waals surface area contributed by atoms with Crippen LogP contribution >= 0.6 is 0 Å². The van der Waals surface area contributed by atoms with Crippen molar-refractivity contribution >= 4 is 5.96 Å². The molecule has 0 saturated carbocycles.